The lowest BCUT2D eigenvalue weighted by atomic mass is 9.94. The number of carbonyl (C=O) groups is 2. The predicted octanol–water partition coefficient (Wildman–Crippen LogP) is 5.15. The van der Waals surface area contributed by atoms with E-state index in [-0.39, 0.29) is 23.4 Å². The number of halogens is 2. The maximum atomic E-state index is 14.8. The molecule has 32 heavy (non-hydrogen) atoms. The molecule has 1 aliphatic rings. The first-order valence-electron chi connectivity index (χ1n) is 10.3. The number of nitrogens with zero attached hydrogens (tertiary/aromatic N) is 1. The molecule has 162 valence electrons. The Balaban J connectivity index is 1.85. The van der Waals surface area contributed by atoms with Crippen molar-refractivity contribution in [3.63, 3.8) is 0 Å². The van der Waals surface area contributed by atoms with Crippen LogP contribution >= 0.6 is 0 Å². The van der Waals surface area contributed by atoms with Crippen molar-refractivity contribution < 1.29 is 23.5 Å². The standard InChI is InChI=1S/C26H21F2NO3/c1-2-16-7-11-18(12-8-16)24(30)22-23(20-5-3-4-6-21(20)28)29(26(32)25(22)31)15-17-9-13-19(27)14-10-17/h3-14,23,30H,2,15H2,1H3/b24-22-. The highest BCUT2D eigenvalue weighted by Gasteiger charge is 2.46. The number of aryl methyl sites for hydroxylation is 1. The van der Waals surface area contributed by atoms with Gasteiger partial charge in [-0.15, -0.1) is 0 Å². The van der Waals surface area contributed by atoms with Gasteiger partial charge < -0.3 is 10.0 Å². The zero-order valence-electron chi connectivity index (χ0n) is 17.4. The van der Waals surface area contributed by atoms with Crippen molar-refractivity contribution in [3.05, 3.63) is 112 Å². The van der Waals surface area contributed by atoms with Crippen molar-refractivity contribution in [2.45, 2.75) is 25.9 Å². The molecule has 1 aliphatic heterocycles. The highest BCUT2D eigenvalue weighted by Crippen LogP contribution is 2.41. The van der Waals surface area contributed by atoms with Crippen LogP contribution in [0.15, 0.2) is 78.4 Å². The summed E-state index contributed by atoms with van der Waals surface area (Å²) in [6, 6.07) is 17.2. The summed E-state index contributed by atoms with van der Waals surface area (Å²) in [4.78, 5) is 27.2. The zero-order valence-corrected chi connectivity index (χ0v) is 17.4. The number of aliphatic hydroxyl groups is 1. The summed E-state index contributed by atoms with van der Waals surface area (Å²) in [5.41, 5.74) is 1.90. The number of amides is 1. The Hall–Kier alpha value is -3.80. The van der Waals surface area contributed by atoms with Gasteiger partial charge in [0.05, 0.1) is 11.6 Å². The molecule has 3 aromatic rings. The molecule has 0 bridgehead atoms. The molecule has 0 aliphatic carbocycles. The van der Waals surface area contributed by atoms with Crippen molar-refractivity contribution >= 4 is 17.4 Å². The van der Waals surface area contributed by atoms with Crippen LogP contribution in [-0.4, -0.2) is 21.7 Å². The third-order valence-electron chi connectivity index (χ3n) is 5.64. The van der Waals surface area contributed by atoms with Crippen LogP contribution < -0.4 is 0 Å². The van der Waals surface area contributed by atoms with Crippen molar-refractivity contribution in [1.29, 1.82) is 0 Å². The van der Waals surface area contributed by atoms with E-state index in [9.17, 15) is 23.5 Å². The summed E-state index contributed by atoms with van der Waals surface area (Å²) in [5, 5.41) is 11.0. The zero-order chi connectivity index (χ0) is 22.8. The highest BCUT2D eigenvalue weighted by atomic mass is 19.1. The monoisotopic (exact) mass is 433 g/mol. The van der Waals surface area contributed by atoms with Crippen molar-refractivity contribution in [2.24, 2.45) is 0 Å². The van der Waals surface area contributed by atoms with E-state index in [0.717, 1.165) is 12.0 Å². The minimum absolute atomic E-state index is 0.0462. The largest absolute Gasteiger partial charge is 0.507 e. The molecule has 0 spiro atoms. The van der Waals surface area contributed by atoms with Gasteiger partial charge in [-0.3, -0.25) is 9.59 Å². The Morgan fingerprint density at radius 1 is 0.906 bits per heavy atom. The Labute approximate surface area is 184 Å². The Kier molecular flexibility index (Phi) is 5.86. The van der Waals surface area contributed by atoms with Gasteiger partial charge in [0, 0.05) is 17.7 Å². The first-order chi connectivity index (χ1) is 15.4. The molecule has 1 heterocycles. The smallest absolute Gasteiger partial charge is 0.295 e. The lowest BCUT2D eigenvalue weighted by Crippen LogP contribution is -2.29. The van der Waals surface area contributed by atoms with Gasteiger partial charge >= 0.3 is 0 Å². The van der Waals surface area contributed by atoms with Gasteiger partial charge in [0.1, 0.15) is 17.4 Å². The van der Waals surface area contributed by atoms with Crippen LogP contribution in [0.4, 0.5) is 8.78 Å². The lowest BCUT2D eigenvalue weighted by Gasteiger charge is -2.25. The lowest BCUT2D eigenvalue weighted by molar-refractivity contribution is -0.140. The number of Topliss-reactive ketones (excluding diaryl/α,β-unsaturated/α-hetero) is 1. The molecular weight excluding hydrogens is 412 g/mol. The van der Waals surface area contributed by atoms with E-state index in [1.165, 1.54) is 47.4 Å². The fourth-order valence-corrected chi connectivity index (χ4v) is 3.90. The Bertz CT molecular complexity index is 1200. The SMILES string of the molecule is CCc1ccc(/C(O)=C2/C(=O)C(=O)N(Cc3ccc(F)cc3)C2c2ccccc2F)cc1. The molecule has 0 aromatic heterocycles. The van der Waals surface area contributed by atoms with E-state index in [4.69, 9.17) is 0 Å². The van der Waals surface area contributed by atoms with Gasteiger partial charge in [-0.25, -0.2) is 8.78 Å². The van der Waals surface area contributed by atoms with Gasteiger partial charge in [-0.05, 0) is 35.7 Å². The van der Waals surface area contributed by atoms with Crippen LogP contribution in [0.2, 0.25) is 0 Å². The molecule has 1 saturated heterocycles. The van der Waals surface area contributed by atoms with Crippen LogP contribution in [0.5, 0.6) is 0 Å². The quantitative estimate of drug-likeness (QED) is 0.344. The third kappa shape index (κ3) is 3.91. The number of likely N-dealkylation sites (tertiary alicyclic amines) is 1. The number of benzene rings is 3. The maximum Gasteiger partial charge on any atom is 0.295 e. The van der Waals surface area contributed by atoms with Gasteiger partial charge in [-0.2, -0.15) is 0 Å². The summed E-state index contributed by atoms with van der Waals surface area (Å²) in [5.74, 6) is -3.14. The second kappa shape index (κ2) is 8.75. The first kappa shape index (κ1) is 21.4. The highest BCUT2D eigenvalue weighted by molar-refractivity contribution is 6.46. The second-order valence-corrected chi connectivity index (χ2v) is 7.63. The second-order valence-electron chi connectivity index (χ2n) is 7.63. The average molecular weight is 433 g/mol. The first-order valence-corrected chi connectivity index (χ1v) is 10.3. The van der Waals surface area contributed by atoms with E-state index in [1.807, 2.05) is 19.1 Å². The number of rotatable bonds is 5. The fourth-order valence-electron chi connectivity index (χ4n) is 3.90. The normalized spacial score (nSPS) is 17.7. The van der Waals surface area contributed by atoms with Gasteiger partial charge in [0.15, 0.2) is 0 Å². The van der Waals surface area contributed by atoms with E-state index in [0.29, 0.717) is 11.1 Å². The topological polar surface area (TPSA) is 57.6 Å². The summed E-state index contributed by atoms with van der Waals surface area (Å²) in [6.07, 6.45) is 0.804. The van der Waals surface area contributed by atoms with E-state index in [1.54, 1.807) is 18.2 Å². The summed E-state index contributed by atoms with van der Waals surface area (Å²) >= 11 is 0. The molecule has 1 unspecified atom stereocenters. The molecule has 1 atom stereocenters. The van der Waals surface area contributed by atoms with Crippen molar-refractivity contribution in [1.82, 2.24) is 4.90 Å². The Morgan fingerprint density at radius 3 is 2.16 bits per heavy atom. The number of hydrogen-bond donors (Lipinski definition) is 1. The average Bonchev–Trinajstić information content (AvgIpc) is 3.05. The molecule has 4 nitrogen and oxygen atoms in total. The minimum Gasteiger partial charge on any atom is -0.507 e. The summed E-state index contributed by atoms with van der Waals surface area (Å²) < 4.78 is 28.1. The minimum atomic E-state index is -1.12. The molecule has 6 heteroatoms. The number of hydrogen-bond acceptors (Lipinski definition) is 3. The number of carbonyl (C=O) groups excluding carboxylic acids is 2. The Morgan fingerprint density at radius 2 is 1.53 bits per heavy atom. The van der Waals surface area contributed by atoms with Gasteiger partial charge in [-0.1, -0.05) is 61.5 Å². The number of ketones is 1. The summed E-state index contributed by atoms with van der Waals surface area (Å²) in [6.45, 7) is 1.95. The van der Waals surface area contributed by atoms with Crippen molar-refractivity contribution in [2.75, 3.05) is 0 Å². The van der Waals surface area contributed by atoms with Crippen LogP contribution in [0, 0.1) is 11.6 Å². The van der Waals surface area contributed by atoms with Crippen LogP contribution in [-0.2, 0) is 22.6 Å². The van der Waals surface area contributed by atoms with Crippen LogP contribution in [0.25, 0.3) is 5.76 Å². The molecule has 1 N–H and O–H groups in total. The molecule has 1 fully saturated rings. The van der Waals surface area contributed by atoms with Crippen molar-refractivity contribution in [3.8, 4) is 0 Å². The molecular formula is C26H21F2NO3. The van der Waals surface area contributed by atoms with Crippen LogP contribution in [0.1, 0.15) is 35.2 Å². The van der Waals surface area contributed by atoms with Crippen LogP contribution in [0.3, 0.4) is 0 Å². The molecule has 0 radical (unpaired) electrons. The predicted molar refractivity (Wildman–Crippen MR) is 116 cm³/mol. The molecule has 0 saturated carbocycles. The molecule has 4 rings (SSSR count). The number of aliphatic hydroxyl groups excluding tert-OH is 1. The molecule has 3 aromatic carbocycles. The summed E-state index contributed by atoms with van der Waals surface area (Å²) in [7, 11) is 0. The van der Waals surface area contributed by atoms with Gasteiger partial charge in [0.25, 0.3) is 11.7 Å². The van der Waals surface area contributed by atoms with E-state index < -0.39 is 29.4 Å². The maximum absolute atomic E-state index is 14.8. The third-order valence-corrected chi connectivity index (χ3v) is 5.64. The fraction of sp³-hybridized carbons (Fsp3) is 0.154. The molecule has 1 amide bonds. The van der Waals surface area contributed by atoms with Gasteiger partial charge in [0.2, 0.25) is 0 Å². The van der Waals surface area contributed by atoms with E-state index in [2.05, 4.69) is 0 Å². The van der Waals surface area contributed by atoms with E-state index >= 15 is 0 Å².